The molecule has 0 aliphatic carbocycles. The van der Waals surface area contributed by atoms with E-state index in [1.807, 2.05) is 91.0 Å². The monoisotopic (exact) mass is 1110 g/mol. The third kappa shape index (κ3) is 26.6. The first-order valence-electron chi connectivity index (χ1n) is 36.8. The largest absolute Gasteiger partial charge is 0.481 e. The predicted octanol–water partition coefficient (Wildman–Crippen LogP) is 9.40. The van der Waals surface area contributed by atoms with Gasteiger partial charge in [0, 0.05) is 156 Å². The van der Waals surface area contributed by atoms with Crippen LogP contribution in [0.25, 0.3) is 0 Å². The van der Waals surface area contributed by atoms with Gasteiger partial charge in [-0.25, -0.2) is 0 Å². The number of carboxylic acid groups (broad SMARTS) is 1. The molecule has 2 saturated heterocycles. The molecule has 71 heavy (non-hydrogen) atoms. The quantitative estimate of drug-likeness (QED) is 0.0580. The van der Waals surface area contributed by atoms with Crippen molar-refractivity contribution in [2.45, 2.75) is 76.7 Å². The lowest BCUT2D eigenvalue weighted by Gasteiger charge is -2.29. The van der Waals surface area contributed by atoms with Gasteiger partial charge in [-0.3, -0.25) is 33.2 Å². The summed E-state index contributed by atoms with van der Waals surface area (Å²) < 4.78 is 262. The van der Waals surface area contributed by atoms with Crippen LogP contribution in [0.4, 0.5) is 17.5 Å². The second kappa shape index (κ2) is 35.6. The zero-order valence-electron chi connectivity index (χ0n) is 71.2. The Labute approximate surface area is 490 Å². The van der Waals surface area contributed by atoms with E-state index >= 15 is 0 Å². The minimum Gasteiger partial charge on any atom is -0.481 e. The SMILES string of the molecule is [2H]C([2H])(Cl)C([2H])([2H])C(=O)C([2H])([2H])C([2H])([2H])Cl.[2H]C([2H])(Cl)C([2H])([2H])C(=O)Cl.[2H]C([2H])(Cl)C([2H])([2H])C(=O)O.[2H]C1([2H])C(=O)C([2H])([2H])C([2H])([2H])N(c2ccn(Cc3ccccc3)n2)C1([2H])[2H].[2H]C1([2H])N(c2ccn(Cc3ccccc3)n2)C([2H])([2H])C([2H])([2H])C([2H])(O)C1([2H])[2H].[2H]N([2H])c1ccn(Cc2ccccc2)n1. The third-order valence-corrected chi connectivity index (χ3v) is 8.13. The number of carbonyl (C=O) groups excluding carboxylic acids is 3. The number of aromatic nitrogens is 6. The van der Waals surface area contributed by atoms with Crippen LogP contribution in [0.5, 0.6) is 0 Å². The predicted molar refractivity (Wildman–Crippen MR) is 286 cm³/mol. The minimum atomic E-state index is -3.68. The minimum absolute atomic E-state index is 0.227. The van der Waals surface area contributed by atoms with E-state index in [1.54, 1.807) is 16.9 Å². The van der Waals surface area contributed by atoms with Gasteiger partial charge in [0.2, 0.25) is 5.24 Å². The zero-order chi connectivity index (χ0) is 82.8. The number of halogens is 5. The molecular weight excluding hydrogens is 1010 g/mol. The summed E-state index contributed by atoms with van der Waals surface area (Å²) in [5.41, 5.74) is 3.40. The Morgan fingerprint density at radius 2 is 1.01 bits per heavy atom. The van der Waals surface area contributed by atoms with E-state index in [9.17, 15) is 24.3 Å². The number of carbonyl (C=O) groups is 4. The molecule has 20 heteroatoms. The highest BCUT2D eigenvalue weighted by molar-refractivity contribution is 6.63. The molecule has 0 unspecified atom stereocenters. The Balaban J connectivity index is 0.000000346. The maximum atomic E-state index is 12.1. The molecule has 0 atom stereocenters. The van der Waals surface area contributed by atoms with Crippen LogP contribution in [0, 0.1) is 0 Å². The Bertz CT molecular complexity index is 3840. The van der Waals surface area contributed by atoms with Gasteiger partial charge in [-0.05, 0) is 47.1 Å². The molecule has 6 aromatic rings. The van der Waals surface area contributed by atoms with Crippen LogP contribution < -0.4 is 15.5 Å². The topological polar surface area (TPSA) is 195 Å². The summed E-state index contributed by atoms with van der Waals surface area (Å²) >= 11 is 24.3. The molecule has 5 heterocycles. The molecule has 3 aromatic heterocycles. The summed E-state index contributed by atoms with van der Waals surface area (Å²) in [6, 6.07) is 32.4. The molecule has 0 saturated carbocycles. The Morgan fingerprint density at radius 1 is 0.620 bits per heavy atom. The number of Topliss-reactive ketones (excluding diaryl/α,β-unsaturated/α-hetero) is 2. The number of benzene rings is 3. The molecule has 0 spiro atoms. The maximum Gasteiger partial charge on any atom is 0.304 e. The van der Waals surface area contributed by atoms with Crippen LogP contribution in [-0.2, 0) is 38.8 Å². The number of piperidine rings is 2. The lowest BCUT2D eigenvalue weighted by Crippen LogP contribution is -2.36. The Kier molecular flexibility index (Phi) is 13.0. The van der Waals surface area contributed by atoms with Crippen molar-refractivity contribution in [1.29, 1.82) is 0 Å². The molecule has 15 nitrogen and oxygen atoms in total. The highest BCUT2D eigenvalue weighted by atomic mass is 35.5. The second-order valence-corrected chi connectivity index (χ2v) is 13.8. The fourth-order valence-electron chi connectivity index (χ4n) is 4.84. The van der Waals surface area contributed by atoms with Gasteiger partial charge in [-0.15, -0.1) is 46.4 Å². The molecule has 2 fully saturated rings. The van der Waals surface area contributed by atoms with Gasteiger partial charge in [-0.1, -0.05) is 91.0 Å². The van der Waals surface area contributed by atoms with Gasteiger partial charge < -0.3 is 25.7 Å². The molecule has 0 amide bonds. The van der Waals surface area contributed by atoms with Crippen LogP contribution in [-0.4, -0.2) is 118 Å². The Hall–Kier alpha value is -5.42. The van der Waals surface area contributed by atoms with Crippen molar-refractivity contribution in [3.63, 3.8) is 0 Å². The summed E-state index contributed by atoms with van der Waals surface area (Å²) in [6.07, 6.45) is -25.2. The van der Waals surface area contributed by atoms with E-state index in [2.05, 4.69) is 15.3 Å². The van der Waals surface area contributed by atoms with Gasteiger partial charge in [0.25, 0.3) is 0 Å². The average Bonchev–Trinajstić information content (AvgIpc) is 0.842. The number of ketones is 2. The standard InChI is InChI=1S/C15H19N3O.C15H17N3O.C10H11N3.C5H8Cl2O.C3H4Cl2O.C3H5ClO2/c2*19-14-6-9-17(10-7-14)15-8-11-18(16-15)12-13-4-2-1-3-5-13;11-10-6-7-13(12-10)8-9-4-2-1-3-5-9;6-3-1-5(8)2-4-7;2*4-2-1-3(5)6/h1-5,8,11,14,19H,6-7,9-10,12H2;1-5,8,11H,6-7,9-10,12H2;1-7H,8H2,(H2,11,12);1-4H2;1-2H2;1-2H2,(H,5,6)/i6D2,7D2,9D2,10D2,14D;6D2,7D2,9D2,10D2;;1D2,2D2,3D2,4D2;2*1D2,2D2/hD2. The second-order valence-electron chi connectivity index (χ2n) is 12.7. The molecule has 2 aliphatic rings. The number of nitrogens with two attached hydrogens (primary N) is 1. The fourth-order valence-corrected chi connectivity index (χ4v) is 5.27. The van der Waals surface area contributed by atoms with E-state index in [-0.39, 0.29) is 28.0 Å². The molecule has 4 N–H and O–H groups in total. The highest BCUT2D eigenvalue weighted by Gasteiger charge is 2.19. The van der Waals surface area contributed by atoms with E-state index in [1.165, 1.54) is 33.9 Å². The summed E-state index contributed by atoms with van der Waals surface area (Å²) in [4.78, 5) is 44.2. The number of nitrogens with zero attached hydrogens (tertiary/aromatic N) is 8. The molecule has 0 bridgehead atoms. The number of aliphatic hydroxyl groups is 1. The molecule has 384 valence electrons. The third-order valence-electron chi connectivity index (χ3n) is 7.66. The molecule has 0 radical (unpaired) electrons. The van der Waals surface area contributed by atoms with Crippen LogP contribution in [0.3, 0.4) is 0 Å². The van der Waals surface area contributed by atoms with Crippen molar-refractivity contribution in [2.24, 2.45) is 0 Å². The first kappa shape index (κ1) is 26.0. The maximum absolute atomic E-state index is 12.1. The summed E-state index contributed by atoms with van der Waals surface area (Å²) in [7, 11) is 0. The van der Waals surface area contributed by atoms with Crippen molar-refractivity contribution in [3.8, 4) is 0 Å². The van der Waals surface area contributed by atoms with E-state index in [0.29, 0.717) is 24.6 Å². The molecule has 8 rings (SSSR count). The van der Waals surface area contributed by atoms with Crippen LogP contribution >= 0.6 is 58.0 Å². The summed E-state index contributed by atoms with van der Waals surface area (Å²) in [5, 5.41) is 29.0. The number of hydrogen-bond donors (Lipinski definition) is 3. The van der Waals surface area contributed by atoms with Gasteiger partial charge in [0.05, 0.1) is 33.5 Å². The number of aliphatic carboxylic acids is 1. The van der Waals surface area contributed by atoms with Crippen molar-refractivity contribution in [1.82, 2.24) is 29.3 Å². The number of anilines is 3. The van der Waals surface area contributed by atoms with Crippen LogP contribution in [0.1, 0.15) is 113 Å². The number of rotatable bonds is 17. The van der Waals surface area contributed by atoms with E-state index < -0.39 is 129 Å². The smallest absolute Gasteiger partial charge is 0.304 e. The summed E-state index contributed by atoms with van der Waals surface area (Å²) in [6.45, 7) is -11.6. The highest BCUT2D eigenvalue weighted by Crippen LogP contribution is 2.19. The van der Waals surface area contributed by atoms with Crippen molar-refractivity contribution < 1.29 is 77.4 Å². The van der Waals surface area contributed by atoms with Gasteiger partial charge >= 0.3 is 5.97 Å². The molecule has 2 aliphatic heterocycles. The van der Waals surface area contributed by atoms with E-state index in [4.69, 9.17) is 111 Å². The number of alkyl halides is 4. The number of carboxylic acids is 1. The summed E-state index contributed by atoms with van der Waals surface area (Å²) in [5.74, 6) is -18.0. The first-order valence-corrected chi connectivity index (χ1v) is 21.3. The lowest BCUT2D eigenvalue weighted by atomic mass is 10.1. The van der Waals surface area contributed by atoms with Crippen LogP contribution in [0.15, 0.2) is 128 Å². The number of hydrogen-bond acceptors (Lipinski definition) is 11. The first-order chi connectivity index (χ1) is 47.3. The average molecular weight is 1110 g/mol. The number of nitrogen functional groups attached to an aromatic ring is 1. The fraction of sp³-hybridized carbons (Fsp3) is 0.392. The zero-order valence-corrected chi connectivity index (χ0v) is 40.0. The lowest BCUT2D eigenvalue weighted by molar-refractivity contribution is -0.136. The van der Waals surface area contributed by atoms with Gasteiger partial charge in [-0.2, -0.15) is 15.3 Å². The Morgan fingerprint density at radius 3 is 1.35 bits per heavy atom. The van der Waals surface area contributed by atoms with Gasteiger partial charge in [0.15, 0.2) is 14.5 Å². The van der Waals surface area contributed by atoms with Crippen molar-refractivity contribution in [2.75, 3.05) is 64.8 Å². The van der Waals surface area contributed by atoms with Crippen molar-refractivity contribution >= 4 is 98.2 Å². The normalized spacial score (nSPS) is 28.0. The van der Waals surface area contributed by atoms with Crippen LogP contribution in [0.2, 0.25) is 2.82 Å². The molecular formula is C51H64Cl5N9O6. The van der Waals surface area contributed by atoms with E-state index in [0.717, 1.165) is 16.7 Å². The van der Waals surface area contributed by atoms with Gasteiger partial charge in [0.1, 0.15) is 17.4 Å². The van der Waals surface area contributed by atoms with Crippen molar-refractivity contribution in [3.05, 3.63) is 144 Å². The molecule has 3 aromatic carbocycles.